The molecular formula is C12H10ClNO2S2. The Hall–Kier alpha value is -0.910. The molecule has 0 amide bonds. The van der Waals surface area contributed by atoms with Crippen LogP contribution >= 0.6 is 34.7 Å². The third-order valence-corrected chi connectivity index (χ3v) is 4.63. The summed E-state index contributed by atoms with van der Waals surface area (Å²) < 4.78 is 12.2. The van der Waals surface area contributed by atoms with Gasteiger partial charge in [-0.15, -0.1) is 11.3 Å². The van der Waals surface area contributed by atoms with E-state index in [9.17, 15) is 0 Å². The number of benzene rings is 1. The minimum Gasteiger partial charge on any atom is -0.490 e. The van der Waals surface area contributed by atoms with Crippen LogP contribution in [0.2, 0.25) is 5.15 Å². The van der Waals surface area contributed by atoms with Gasteiger partial charge in [0.1, 0.15) is 5.15 Å². The lowest BCUT2D eigenvalue weighted by atomic mass is 10.3. The number of ether oxygens (including phenoxy) is 2. The number of rotatable bonds is 2. The van der Waals surface area contributed by atoms with Crippen molar-refractivity contribution in [1.29, 1.82) is 0 Å². The highest BCUT2D eigenvalue weighted by Crippen LogP contribution is 2.37. The highest BCUT2D eigenvalue weighted by Gasteiger charge is 2.12. The van der Waals surface area contributed by atoms with Gasteiger partial charge in [0.05, 0.1) is 13.2 Å². The number of halogens is 1. The average Bonchev–Trinajstić information content (AvgIpc) is 2.64. The Kier molecular flexibility index (Phi) is 3.63. The molecule has 0 spiro atoms. The van der Waals surface area contributed by atoms with Gasteiger partial charge in [-0.2, -0.15) is 0 Å². The van der Waals surface area contributed by atoms with Crippen molar-refractivity contribution in [2.24, 2.45) is 0 Å². The molecule has 1 aromatic carbocycles. The van der Waals surface area contributed by atoms with Gasteiger partial charge >= 0.3 is 0 Å². The molecule has 0 saturated heterocycles. The summed E-state index contributed by atoms with van der Waals surface area (Å²) in [6.45, 7) is 1.41. The first-order chi connectivity index (χ1) is 8.81. The molecule has 3 nitrogen and oxygen atoms in total. The van der Waals surface area contributed by atoms with Crippen molar-refractivity contribution < 1.29 is 9.47 Å². The highest BCUT2D eigenvalue weighted by atomic mass is 35.5. The van der Waals surface area contributed by atoms with Crippen LogP contribution in [0.5, 0.6) is 11.5 Å². The van der Waals surface area contributed by atoms with Crippen LogP contribution in [0.25, 0.3) is 0 Å². The van der Waals surface area contributed by atoms with Crippen LogP contribution in [0.1, 0.15) is 6.42 Å². The van der Waals surface area contributed by atoms with Crippen molar-refractivity contribution in [2.75, 3.05) is 13.2 Å². The van der Waals surface area contributed by atoms with Gasteiger partial charge in [0.2, 0.25) is 0 Å². The van der Waals surface area contributed by atoms with Crippen molar-refractivity contribution in [3.05, 3.63) is 28.7 Å². The average molecular weight is 300 g/mol. The second-order valence-electron chi connectivity index (χ2n) is 3.70. The molecule has 18 heavy (non-hydrogen) atoms. The van der Waals surface area contributed by atoms with Crippen LogP contribution in [-0.2, 0) is 0 Å². The van der Waals surface area contributed by atoms with E-state index in [4.69, 9.17) is 21.1 Å². The molecule has 94 valence electrons. The van der Waals surface area contributed by atoms with Crippen LogP contribution in [0, 0.1) is 0 Å². The molecule has 2 heterocycles. The lowest BCUT2D eigenvalue weighted by Gasteiger charge is -2.08. The highest BCUT2D eigenvalue weighted by molar-refractivity contribution is 8.01. The summed E-state index contributed by atoms with van der Waals surface area (Å²) in [5.41, 5.74) is 0. The first-order valence-electron chi connectivity index (χ1n) is 5.50. The van der Waals surface area contributed by atoms with Crippen molar-refractivity contribution in [3.63, 3.8) is 0 Å². The number of thiazole rings is 1. The summed E-state index contributed by atoms with van der Waals surface area (Å²) in [5, 5.41) is 2.37. The molecule has 1 aliphatic heterocycles. The minimum atomic E-state index is 0.539. The van der Waals surface area contributed by atoms with Gasteiger partial charge in [0.25, 0.3) is 0 Å². The van der Waals surface area contributed by atoms with E-state index < -0.39 is 0 Å². The Balaban J connectivity index is 1.83. The molecule has 0 bridgehead atoms. The summed E-state index contributed by atoms with van der Waals surface area (Å²) >= 11 is 8.91. The van der Waals surface area contributed by atoms with E-state index in [1.54, 1.807) is 11.8 Å². The number of hydrogen-bond acceptors (Lipinski definition) is 5. The minimum absolute atomic E-state index is 0.539. The summed E-state index contributed by atoms with van der Waals surface area (Å²) in [6, 6.07) is 5.94. The molecule has 0 N–H and O–H groups in total. The third kappa shape index (κ3) is 2.74. The molecule has 0 fully saturated rings. The first-order valence-corrected chi connectivity index (χ1v) is 7.57. The maximum atomic E-state index is 5.80. The largest absolute Gasteiger partial charge is 0.490 e. The van der Waals surface area contributed by atoms with Crippen LogP contribution < -0.4 is 9.47 Å². The molecular weight excluding hydrogens is 290 g/mol. The monoisotopic (exact) mass is 299 g/mol. The number of nitrogens with zero attached hydrogens (tertiary/aromatic N) is 1. The zero-order valence-electron chi connectivity index (χ0n) is 9.39. The SMILES string of the molecule is Clc1csc(Sc2ccc3c(c2)OCCCO3)n1. The number of fused-ring (bicyclic) bond motifs is 1. The summed E-state index contributed by atoms with van der Waals surface area (Å²) in [5.74, 6) is 1.62. The second-order valence-corrected chi connectivity index (χ2v) is 6.26. The van der Waals surface area contributed by atoms with E-state index in [-0.39, 0.29) is 0 Å². The standard InChI is InChI=1S/C12H10ClNO2S2/c13-11-7-17-12(14-11)18-8-2-3-9-10(6-8)16-5-1-4-15-9/h2-3,6-7H,1,4-5H2. The Bertz CT molecular complexity index is 559. The predicted octanol–water partition coefficient (Wildman–Crippen LogP) is 4.11. The fourth-order valence-corrected chi connectivity index (χ4v) is 3.59. The van der Waals surface area contributed by atoms with E-state index in [1.165, 1.54) is 11.3 Å². The molecule has 1 aromatic heterocycles. The molecule has 0 aliphatic carbocycles. The molecule has 6 heteroatoms. The van der Waals surface area contributed by atoms with Gasteiger partial charge in [-0.05, 0) is 18.2 Å². The van der Waals surface area contributed by atoms with E-state index >= 15 is 0 Å². The number of hydrogen-bond donors (Lipinski definition) is 0. The Labute approximate surface area is 118 Å². The van der Waals surface area contributed by atoms with Gasteiger partial charge in [-0.3, -0.25) is 0 Å². The van der Waals surface area contributed by atoms with Crippen LogP contribution in [0.4, 0.5) is 0 Å². The second kappa shape index (κ2) is 5.38. The van der Waals surface area contributed by atoms with Gasteiger partial charge in [-0.25, -0.2) is 4.98 Å². The Morgan fingerprint density at radius 3 is 2.83 bits per heavy atom. The van der Waals surface area contributed by atoms with Crippen LogP contribution in [0.15, 0.2) is 32.8 Å². The maximum Gasteiger partial charge on any atom is 0.162 e. The normalized spacial score (nSPS) is 14.3. The van der Waals surface area contributed by atoms with Crippen molar-refractivity contribution >= 4 is 34.7 Å². The smallest absolute Gasteiger partial charge is 0.162 e. The Morgan fingerprint density at radius 1 is 1.22 bits per heavy atom. The van der Waals surface area contributed by atoms with E-state index in [0.29, 0.717) is 18.4 Å². The van der Waals surface area contributed by atoms with Gasteiger partial charge < -0.3 is 9.47 Å². The summed E-state index contributed by atoms with van der Waals surface area (Å²) in [4.78, 5) is 5.29. The molecule has 0 saturated carbocycles. The lowest BCUT2D eigenvalue weighted by molar-refractivity contribution is 0.297. The first kappa shape index (κ1) is 12.1. The van der Waals surface area contributed by atoms with Crippen molar-refractivity contribution in [3.8, 4) is 11.5 Å². The van der Waals surface area contributed by atoms with E-state index in [2.05, 4.69) is 4.98 Å². The zero-order valence-corrected chi connectivity index (χ0v) is 11.8. The van der Waals surface area contributed by atoms with Crippen LogP contribution in [-0.4, -0.2) is 18.2 Å². The zero-order chi connectivity index (χ0) is 12.4. The molecule has 0 radical (unpaired) electrons. The third-order valence-electron chi connectivity index (χ3n) is 2.38. The summed E-state index contributed by atoms with van der Waals surface area (Å²) in [7, 11) is 0. The van der Waals surface area contributed by atoms with Crippen molar-refractivity contribution in [2.45, 2.75) is 15.7 Å². The molecule has 0 atom stereocenters. The summed E-state index contributed by atoms with van der Waals surface area (Å²) in [6.07, 6.45) is 0.916. The van der Waals surface area contributed by atoms with Gasteiger partial charge in [0.15, 0.2) is 15.8 Å². The number of aromatic nitrogens is 1. The lowest BCUT2D eigenvalue weighted by Crippen LogP contribution is -1.97. The molecule has 3 rings (SSSR count). The Morgan fingerprint density at radius 2 is 2.06 bits per heavy atom. The maximum absolute atomic E-state index is 5.80. The van der Waals surface area contributed by atoms with E-state index in [1.807, 2.05) is 23.6 Å². The quantitative estimate of drug-likeness (QED) is 0.835. The fourth-order valence-electron chi connectivity index (χ4n) is 1.59. The predicted molar refractivity (Wildman–Crippen MR) is 73.3 cm³/mol. The fraction of sp³-hybridized carbons (Fsp3) is 0.250. The van der Waals surface area contributed by atoms with Crippen LogP contribution in [0.3, 0.4) is 0 Å². The van der Waals surface area contributed by atoms with Crippen molar-refractivity contribution in [1.82, 2.24) is 4.98 Å². The topological polar surface area (TPSA) is 31.4 Å². The molecule has 0 unspecified atom stereocenters. The molecule has 2 aromatic rings. The van der Waals surface area contributed by atoms with Gasteiger partial charge in [-0.1, -0.05) is 23.4 Å². The van der Waals surface area contributed by atoms with E-state index in [0.717, 1.165) is 27.2 Å². The molecule has 1 aliphatic rings. The van der Waals surface area contributed by atoms with Gasteiger partial charge in [0, 0.05) is 16.7 Å².